The Labute approximate surface area is 76.7 Å². The van der Waals surface area contributed by atoms with Gasteiger partial charge in [-0.05, 0) is 12.5 Å². The molecule has 1 heterocycles. The Kier molecular flexibility index (Phi) is 1.93. The van der Waals surface area contributed by atoms with Crippen molar-refractivity contribution < 1.29 is 9.63 Å². The summed E-state index contributed by atoms with van der Waals surface area (Å²) in [6, 6.07) is 7.60. The molecule has 1 amide bonds. The van der Waals surface area contributed by atoms with Gasteiger partial charge >= 0.3 is 0 Å². The van der Waals surface area contributed by atoms with Crippen molar-refractivity contribution in [2.45, 2.75) is 19.3 Å². The highest BCUT2D eigenvalue weighted by atomic mass is 16.7. The van der Waals surface area contributed by atoms with Gasteiger partial charge in [0.1, 0.15) is 0 Å². The fourth-order valence-corrected chi connectivity index (χ4v) is 1.58. The second-order valence-corrected chi connectivity index (χ2v) is 3.07. The Bertz CT molecular complexity index is 335. The summed E-state index contributed by atoms with van der Waals surface area (Å²) in [5.41, 5.74) is 3.38. The number of hydroxylamine groups is 1. The Balaban J connectivity index is 2.45. The molecule has 0 spiro atoms. The van der Waals surface area contributed by atoms with E-state index in [0.717, 1.165) is 17.7 Å². The summed E-state index contributed by atoms with van der Waals surface area (Å²) in [6.45, 7) is 1.99. The first-order valence-electron chi connectivity index (χ1n) is 4.38. The molecule has 0 aliphatic carbocycles. The number of carbonyl (C=O) groups excluding carboxylic acids is 1. The Hall–Kier alpha value is -1.51. The standard InChI is InChI=1S/C10H11NO2/c1-2-7-8-5-3-4-6-9(8)13-11-10(7)12/h3-7H,2H2,1H3,(H,11,12). The second-order valence-electron chi connectivity index (χ2n) is 3.07. The maximum atomic E-state index is 11.4. The lowest BCUT2D eigenvalue weighted by Gasteiger charge is -2.23. The third-order valence-electron chi connectivity index (χ3n) is 2.28. The Morgan fingerprint density at radius 2 is 2.23 bits per heavy atom. The maximum Gasteiger partial charge on any atom is 0.260 e. The molecule has 1 unspecified atom stereocenters. The molecule has 3 nitrogen and oxygen atoms in total. The lowest BCUT2D eigenvalue weighted by atomic mass is 9.94. The SMILES string of the molecule is CCC1C(=O)NOc2ccccc21. The number of rotatable bonds is 1. The van der Waals surface area contributed by atoms with Gasteiger partial charge in [-0.15, -0.1) is 0 Å². The predicted molar refractivity (Wildman–Crippen MR) is 48.2 cm³/mol. The predicted octanol–water partition coefficient (Wildman–Crippen LogP) is 1.60. The Morgan fingerprint density at radius 3 is 3.00 bits per heavy atom. The highest BCUT2D eigenvalue weighted by Gasteiger charge is 2.26. The van der Waals surface area contributed by atoms with Gasteiger partial charge in [0, 0.05) is 5.56 Å². The van der Waals surface area contributed by atoms with Gasteiger partial charge in [0.05, 0.1) is 5.92 Å². The molecule has 1 aromatic carbocycles. The van der Waals surface area contributed by atoms with E-state index in [1.165, 1.54) is 0 Å². The zero-order valence-corrected chi connectivity index (χ0v) is 7.41. The van der Waals surface area contributed by atoms with Gasteiger partial charge < -0.3 is 4.84 Å². The van der Waals surface area contributed by atoms with Crippen molar-refractivity contribution in [1.82, 2.24) is 5.48 Å². The van der Waals surface area contributed by atoms with Gasteiger partial charge in [-0.2, -0.15) is 5.48 Å². The molecule has 0 aromatic heterocycles. The van der Waals surface area contributed by atoms with E-state index in [1.807, 2.05) is 31.2 Å². The van der Waals surface area contributed by atoms with Gasteiger partial charge in [-0.25, -0.2) is 0 Å². The van der Waals surface area contributed by atoms with Crippen molar-refractivity contribution >= 4 is 5.91 Å². The van der Waals surface area contributed by atoms with Crippen molar-refractivity contribution in [3.63, 3.8) is 0 Å². The number of nitrogens with one attached hydrogen (secondary N) is 1. The number of hydrogen-bond acceptors (Lipinski definition) is 2. The molecule has 2 rings (SSSR count). The van der Waals surface area contributed by atoms with E-state index in [4.69, 9.17) is 4.84 Å². The smallest absolute Gasteiger partial charge is 0.260 e. The van der Waals surface area contributed by atoms with Crippen molar-refractivity contribution in [1.29, 1.82) is 0 Å². The molecule has 0 radical (unpaired) electrons. The number of para-hydroxylation sites is 1. The normalized spacial score (nSPS) is 20.1. The van der Waals surface area contributed by atoms with Crippen LogP contribution in [0.2, 0.25) is 0 Å². The maximum absolute atomic E-state index is 11.4. The zero-order chi connectivity index (χ0) is 9.26. The minimum Gasteiger partial charge on any atom is -0.379 e. The van der Waals surface area contributed by atoms with Crippen LogP contribution in [0.4, 0.5) is 0 Å². The van der Waals surface area contributed by atoms with Crippen LogP contribution in [-0.2, 0) is 4.79 Å². The molecule has 0 fully saturated rings. The highest BCUT2D eigenvalue weighted by Crippen LogP contribution is 2.31. The van der Waals surface area contributed by atoms with Crippen LogP contribution >= 0.6 is 0 Å². The van der Waals surface area contributed by atoms with Crippen LogP contribution in [0.25, 0.3) is 0 Å². The molecule has 1 aliphatic rings. The third kappa shape index (κ3) is 1.26. The molecule has 1 aliphatic heterocycles. The third-order valence-corrected chi connectivity index (χ3v) is 2.28. The minimum absolute atomic E-state index is 0.0544. The first-order chi connectivity index (χ1) is 6.33. The second kappa shape index (κ2) is 3.09. The van der Waals surface area contributed by atoms with Gasteiger partial charge in [0.15, 0.2) is 5.75 Å². The topological polar surface area (TPSA) is 38.3 Å². The quantitative estimate of drug-likeness (QED) is 0.707. The molecule has 1 aromatic rings. The number of amides is 1. The molecule has 0 saturated heterocycles. The van der Waals surface area contributed by atoms with E-state index in [2.05, 4.69) is 5.48 Å². The molecule has 13 heavy (non-hydrogen) atoms. The number of benzene rings is 1. The number of carbonyl (C=O) groups is 1. The fraction of sp³-hybridized carbons (Fsp3) is 0.300. The molecular weight excluding hydrogens is 166 g/mol. The van der Waals surface area contributed by atoms with Crippen LogP contribution < -0.4 is 10.3 Å². The van der Waals surface area contributed by atoms with Crippen LogP contribution in [0.15, 0.2) is 24.3 Å². The van der Waals surface area contributed by atoms with Gasteiger partial charge in [-0.3, -0.25) is 4.79 Å². The van der Waals surface area contributed by atoms with E-state index < -0.39 is 0 Å². The van der Waals surface area contributed by atoms with Crippen molar-refractivity contribution in [2.75, 3.05) is 0 Å². The van der Waals surface area contributed by atoms with Crippen molar-refractivity contribution in [3.05, 3.63) is 29.8 Å². The van der Waals surface area contributed by atoms with Gasteiger partial charge in [0.25, 0.3) is 5.91 Å². The molecule has 0 bridgehead atoms. The zero-order valence-electron chi connectivity index (χ0n) is 7.41. The molecular formula is C10H11NO2. The number of hydrogen-bond donors (Lipinski definition) is 1. The molecule has 0 saturated carbocycles. The first kappa shape index (κ1) is 8.10. The van der Waals surface area contributed by atoms with Gasteiger partial charge in [0.2, 0.25) is 0 Å². The van der Waals surface area contributed by atoms with E-state index in [-0.39, 0.29) is 11.8 Å². The molecule has 3 heteroatoms. The molecule has 1 atom stereocenters. The van der Waals surface area contributed by atoms with Crippen LogP contribution in [-0.4, -0.2) is 5.91 Å². The highest BCUT2D eigenvalue weighted by molar-refractivity contribution is 5.85. The van der Waals surface area contributed by atoms with Crippen molar-refractivity contribution in [3.8, 4) is 5.75 Å². The van der Waals surface area contributed by atoms with E-state index in [9.17, 15) is 4.79 Å². The van der Waals surface area contributed by atoms with Crippen LogP contribution in [0.5, 0.6) is 5.75 Å². The summed E-state index contributed by atoms with van der Waals surface area (Å²) in [4.78, 5) is 16.4. The number of fused-ring (bicyclic) bond motifs is 1. The van der Waals surface area contributed by atoms with E-state index in [0.29, 0.717) is 0 Å². The summed E-state index contributed by atoms with van der Waals surface area (Å²) in [7, 11) is 0. The van der Waals surface area contributed by atoms with E-state index >= 15 is 0 Å². The van der Waals surface area contributed by atoms with Crippen molar-refractivity contribution in [2.24, 2.45) is 0 Å². The van der Waals surface area contributed by atoms with Crippen LogP contribution in [0.3, 0.4) is 0 Å². The summed E-state index contributed by atoms with van der Waals surface area (Å²) in [6.07, 6.45) is 0.798. The Morgan fingerprint density at radius 1 is 1.46 bits per heavy atom. The average molecular weight is 177 g/mol. The van der Waals surface area contributed by atoms with Gasteiger partial charge in [-0.1, -0.05) is 25.1 Å². The van der Waals surface area contributed by atoms with Crippen LogP contribution in [0, 0.1) is 0 Å². The molecule has 68 valence electrons. The largest absolute Gasteiger partial charge is 0.379 e. The fourth-order valence-electron chi connectivity index (χ4n) is 1.58. The minimum atomic E-state index is -0.0649. The monoisotopic (exact) mass is 177 g/mol. The van der Waals surface area contributed by atoms with Crippen LogP contribution in [0.1, 0.15) is 24.8 Å². The van der Waals surface area contributed by atoms with E-state index in [1.54, 1.807) is 0 Å². The summed E-state index contributed by atoms with van der Waals surface area (Å²) in [5.74, 6) is 0.639. The summed E-state index contributed by atoms with van der Waals surface area (Å²) >= 11 is 0. The molecule has 1 N–H and O–H groups in total. The average Bonchev–Trinajstić information content (AvgIpc) is 2.18. The summed E-state index contributed by atoms with van der Waals surface area (Å²) in [5, 5.41) is 0. The summed E-state index contributed by atoms with van der Waals surface area (Å²) < 4.78 is 0. The first-order valence-corrected chi connectivity index (χ1v) is 4.38. The lowest BCUT2D eigenvalue weighted by molar-refractivity contribution is -0.130. The lowest BCUT2D eigenvalue weighted by Crippen LogP contribution is -2.36.